The number of halogens is 3. The fraction of sp³-hybridized carbons (Fsp3) is 0.333. The van der Waals surface area contributed by atoms with Crippen LogP contribution in [0.5, 0.6) is 0 Å². The topological polar surface area (TPSA) is 89.6 Å². The predicted octanol–water partition coefficient (Wildman–Crippen LogP) is 2.90. The highest BCUT2D eigenvalue weighted by molar-refractivity contribution is 5.96. The molecule has 0 aliphatic heterocycles. The van der Waals surface area contributed by atoms with Crippen LogP contribution in [-0.2, 0) is 11.0 Å². The quantitative estimate of drug-likeness (QED) is 0.635. The second kappa shape index (κ2) is 7.77. The third kappa shape index (κ3) is 5.03. The second-order valence-electron chi connectivity index (χ2n) is 4.93. The van der Waals surface area contributed by atoms with Gasteiger partial charge in [0.25, 0.3) is 5.91 Å². The molecule has 1 N–H and O–H groups in total. The van der Waals surface area contributed by atoms with E-state index >= 15 is 0 Å². The molecular weight excluding hydrogens is 341 g/mol. The molecule has 1 heterocycles. The molecule has 10 heteroatoms. The molecule has 1 atom stereocenters. The Labute approximate surface area is 140 Å². The van der Waals surface area contributed by atoms with Gasteiger partial charge in [-0.1, -0.05) is 22.4 Å². The maximum absolute atomic E-state index is 12.5. The Hall–Kier alpha value is -2.91. The van der Waals surface area contributed by atoms with Crippen LogP contribution in [0.25, 0.3) is 11.4 Å². The van der Waals surface area contributed by atoms with Gasteiger partial charge in [-0.3, -0.25) is 4.79 Å². The van der Waals surface area contributed by atoms with E-state index in [-0.39, 0.29) is 17.8 Å². The summed E-state index contributed by atoms with van der Waals surface area (Å²) < 4.78 is 41.5. The first-order chi connectivity index (χ1) is 11.8. The first-order valence-electron chi connectivity index (χ1n) is 7.29. The van der Waals surface area contributed by atoms with Gasteiger partial charge in [-0.15, -0.1) is 0 Å². The van der Waals surface area contributed by atoms with E-state index in [0.29, 0.717) is 17.7 Å². The fourth-order valence-corrected chi connectivity index (χ4v) is 1.76. The molecule has 7 nitrogen and oxygen atoms in total. The van der Waals surface area contributed by atoms with Gasteiger partial charge >= 0.3 is 12.1 Å². The summed E-state index contributed by atoms with van der Waals surface area (Å²) in [5.74, 6) is -2.01. The molecular formula is C15H15F3N4O3. The number of alkyl halides is 3. The zero-order valence-corrected chi connectivity index (χ0v) is 13.4. The van der Waals surface area contributed by atoms with Gasteiger partial charge in [-0.2, -0.15) is 18.2 Å². The first kappa shape index (κ1) is 18.4. The number of aromatic nitrogens is 2. The number of hydrogen-bond donors (Lipinski definition) is 1. The zero-order chi connectivity index (χ0) is 18.4. The highest BCUT2D eigenvalue weighted by Crippen LogP contribution is 2.29. The highest BCUT2D eigenvalue weighted by Gasteiger charge is 2.38. The van der Waals surface area contributed by atoms with Crippen molar-refractivity contribution in [3.63, 3.8) is 0 Å². The van der Waals surface area contributed by atoms with Gasteiger partial charge < -0.3 is 14.7 Å². The number of rotatable bonds is 6. The SMILES string of the molecule is CCON=CC(C)NC(=O)c1ccc(-c2noc(C(F)(F)F)n2)cc1. The molecule has 0 bridgehead atoms. The van der Waals surface area contributed by atoms with Crippen LogP contribution in [0.3, 0.4) is 0 Å². The number of nitrogens with one attached hydrogen (secondary N) is 1. The van der Waals surface area contributed by atoms with Gasteiger partial charge in [0.05, 0.1) is 12.3 Å². The van der Waals surface area contributed by atoms with Crippen molar-refractivity contribution in [1.29, 1.82) is 0 Å². The zero-order valence-electron chi connectivity index (χ0n) is 13.4. The van der Waals surface area contributed by atoms with Gasteiger partial charge in [0, 0.05) is 11.1 Å². The average molecular weight is 356 g/mol. The molecule has 0 fully saturated rings. The van der Waals surface area contributed by atoms with Crippen molar-refractivity contribution in [3.8, 4) is 11.4 Å². The molecule has 1 aromatic heterocycles. The van der Waals surface area contributed by atoms with Crippen LogP contribution < -0.4 is 5.32 Å². The van der Waals surface area contributed by atoms with Gasteiger partial charge in [-0.05, 0) is 26.0 Å². The van der Waals surface area contributed by atoms with Crippen molar-refractivity contribution in [2.45, 2.75) is 26.1 Å². The lowest BCUT2D eigenvalue weighted by atomic mass is 10.1. The fourth-order valence-electron chi connectivity index (χ4n) is 1.76. The van der Waals surface area contributed by atoms with Crippen LogP contribution in [0.1, 0.15) is 30.1 Å². The summed E-state index contributed by atoms with van der Waals surface area (Å²) in [6, 6.07) is 5.39. The Kier molecular flexibility index (Phi) is 5.73. The Balaban J connectivity index is 2.04. The lowest BCUT2D eigenvalue weighted by Crippen LogP contribution is -2.33. The van der Waals surface area contributed by atoms with Crippen molar-refractivity contribution >= 4 is 12.1 Å². The van der Waals surface area contributed by atoms with E-state index in [1.165, 1.54) is 30.5 Å². The van der Waals surface area contributed by atoms with Crippen LogP contribution >= 0.6 is 0 Å². The number of carbonyl (C=O) groups excluding carboxylic acids is 1. The van der Waals surface area contributed by atoms with E-state index in [1.54, 1.807) is 13.8 Å². The molecule has 1 amide bonds. The molecule has 1 unspecified atom stereocenters. The van der Waals surface area contributed by atoms with E-state index in [0.717, 1.165) is 0 Å². The number of nitrogens with zero attached hydrogens (tertiary/aromatic N) is 3. The minimum Gasteiger partial charge on any atom is -0.396 e. The van der Waals surface area contributed by atoms with Crippen LogP contribution in [0, 0.1) is 0 Å². The minimum absolute atomic E-state index is 0.212. The number of benzene rings is 1. The summed E-state index contributed by atoms with van der Waals surface area (Å²) in [5, 5.41) is 9.61. The molecule has 0 aliphatic carbocycles. The molecule has 2 aromatic rings. The van der Waals surface area contributed by atoms with E-state index in [1.807, 2.05) is 0 Å². The molecule has 134 valence electrons. The summed E-state index contributed by atoms with van der Waals surface area (Å²) in [4.78, 5) is 20.1. The predicted molar refractivity (Wildman–Crippen MR) is 81.8 cm³/mol. The summed E-state index contributed by atoms with van der Waals surface area (Å²) >= 11 is 0. The first-order valence-corrected chi connectivity index (χ1v) is 7.29. The van der Waals surface area contributed by atoms with Crippen LogP contribution in [0.2, 0.25) is 0 Å². The third-order valence-electron chi connectivity index (χ3n) is 2.92. The van der Waals surface area contributed by atoms with E-state index in [2.05, 4.69) is 25.1 Å². The molecule has 0 spiro atoms. The minimum atomic E-state index is -4.70. The third-order valence-corrected chi connectivity index (χ3v) is 2.92. The Bertz CT molecular complexity index is 741. The van der Waals surface area contributed by atoms with Gasteiger partial charge in [-0.25, -0.2) is 0 Å². The van der Waals surface area contributed by atoms with Gasteiger partial charge in [0.15, 0.2) is 0 Å². The lowest BCUT2D eigenvalue weighted by molar-refractivity contribution is -0.159. The van der Waals surface area contributed by atoms with E-state index in [4.69, 9.17) is 4.84 Å². The molecule has 0 radical (unpaired) electrons. The van der Waals surface area contributed by atoms with E-state index in [9.17, 15) is 18.0 Å². The van der Waals surface area contributed by atoms with Crippen LogP contribution in [0.4, 0.5) is 13.2 Å². The lowest BCUT2D eigenvalue weighted by Gasteiger charge is -2.09. The Morgan fingerprint density at radius 3 is 2.64 bits per heavy atom. The summed E-state index contributed by atoms with van der Waals surface area (Å²) in [5.41, 5.74) is 0.613. The maximum atomic E-state index is 12.5. The Morgan fingerprint density at radius 1 is 1.40 bits per heavy atom. The van der Waals surface area contributed by atoms with Crippen molar-refractivity contribution in [1.82, 2.24) is 15.5 Å². The Morgan fingerprint density at radius 2 is 2.08 bits per heavy atom. The molecule has 0 saturated heterocycles. The monoisotopic (exact) mass is 356 g/mol. The van der Waals surface area contributed by atoms with Crippen molar-refractivity contribution in [2.75, 3.05) is 6.61 Å². The molecule has 25 heavy (non-hydrogen) atoms. The maximum Gasteiger partial charge on any atom is 0.471 e. The largest absolute Gasteiger partial charge is 0.471 e. The van der Waals surface area contributed by atoms with Crippen molar-refractivity contribution < 1.29 is 27.3 Å². The van der Waals surface area contributed by atoms with Gasteiger partial charge in [0.2, 0.25) is 5.82 Å². The standard InChI is InChI=1S/C15H15F3N4O3/c1-3-24-19-8-9(2)20-13(23)11-6-4-10(5-7-11)12-21-14(25-22-12)15(16,17)18/h4-9H,3H2,1-2H3,(H,20,23). The summed E-state index contributed by atoms with van der Waals surface area (Å²) in [6.07, 6.45) is -3.27. The number of carbonyl (C=O) groups is 1. The normalized spacial score (nSPS) is 13.0. The molecule has 0 saturated carbocycles. The summed E-state index contributed by atoms with van der Waals surface area (Å²) in [6.45, 7) is 3.92. The number of hydrogen-bond acceptors (Lipinski definition) is 6. The smallest absolute Gasteiger partial charge is 0.396 e. The molecule has 1 aromatic carbocycles. The van der Waals surface area contributed by atoms with Crippen LogP contribution in [0.15, 0.2) is 33.9 Å². The summed E-state index contributed by atoms with van der Waals surface area (Å²) in [7, 11) is 0. The molecule has 0 aliphatic rings. The number of amides is 1. The number of oxime groups is 1. The van der Waals surface area contributed by atoms with E-state index < -0.39 is 12.1 Å². The van der Waals surface area contributed by atoms with Crippen LogP contribution in [-0.4, -0.2) is 34.9 Å². The van der Waals surface area contributed by atoms with Gasteiger partial charge in [0.1, 0.15) is 6.61 Å². The van der Waals surface area contributed by atoms with Crippen molar-refractivity contribution in [3.05, 3.63) is 35.7 Å². The average Bonchev–Trinajstić information content (AvgIpc) is 3.05. The second-order valence-corrected chi connectivity index (χ2v) is 4.93. The highest BCUT2D eigenvalue weighted by atomic mass is 19.4. The van der Waals surface area contributed by atoms with Crippen molar-refractivity contribution in [2.24, 2.45) is 5.16 Å². The molecule has 2 rings (SSSR count).